The van der Waals surface area contributed by atoms with Gasteiger partial charge in [-0.1, -0.05) is 42.7 Å². The fourth-order valence-corrected chi connectivity index (χ4v) is 2.53. The first-order valence-corrected chi connectivity index (χ1v) is 10.2. The van der Waals surface area contributed by atoms with E-state index < -0.39 is 6.09 Å². The quantitative estimate of drug-likeness (QED) is 0.269. The SMILES string of the molecule is O=C(CCCCC#CBr)OCCCCCCNC(=O)OCc1ccccc1. The van der Waals surface area contributed by atoms with Gasteiger partial charge < -0.3 is 14.8 Å². The number of ether oxygens (including phenoxy) is 2. The summed E-state index contributed by atoms with van der Waals surface area (Å²) in [5.41, 5.74) is 0.967. The molecule has 0 atom stereocenters. The molecule has 0 radical (unpaired) electrons. The van der Waals surface area contributed by atoms with Crippen molar-refractivity contribution in [2.75, 3.05) is 13.2 Å². The van der Waals surface area contributed by atoms with Crippen LogP contribution >= 0.6 is 15.9 Å². The second kappa shape index (κ2) is 16.2. The number of carbonyl (C=O) groups is 2. The molecule has 0 heterocycles. The molecular weight excluding hydrogens is 410 g/mol. The number of carbonyl (C=O) groups excluding carboxylic acids is 2. The lowest BCUT2D eigenvalue weighted by atomic mass is 10.2. The summed E-state index contributed by atoms with van der Waals surface area (Å²) < 4.78 is 10.3. The predicted octanol–water partition coefficient (Wildman–Crippen LogP) is 4.93. The Morgan fingerprint density at radius 3 is 2.52 bits per heavy atom. The molecule has 6 heteroatoms. The van der Waals surface area contributed by atoms with Crippen molar-refractivity contribution in [1.82, 2.24) is 5.32 Å². The van der Waals surface area contributed by atoms with Gasteiger partial charge in [-0.15, -0.1) is 0 Å². The van der Waals surface area contributed by atoms with Gasteiger partial charge in [0.25, 0.3) is 0 Å². The summed E-state index contributed by atoms with van der Waals surface area (Å²) >= 11 is 3.04. The first-order valence-electron chi connectivity index (χ1n) is 9.41. The fourth-order valence-electron chi connectivity index (χ4n) is 2.33. The molecule has 0 saturated heterocycles. The molecule has 0 fully saturated rings. The summed E-state index contributed by atoms with van der Waals surface area (Å²) in [6.07, 6.45) is 6.25. The van der Waals surface area contributed by atoms with Crippen LogP contribution in [0, 0.1) is 10.8 Å². The van der Waals surface area contributed by atoms with Crippen LogP contribution in [0.25, 0.3) is 0 Å². The van der Waals surface area contributed by atoms with Crippen molar-refractivity contribution in [2.24, 2.45) is 0 Å². The van der Waals surface area contributed by atoms with Crippen LogP contribution in [0.1, 0.15) is 56.9 Å². The van der Waals surface area contributed by atoms with E-state index in [0.29, 0.717) is 19.6 Å². The molecule has 0 spiro atoms. The maximum atomic E-state index is 11.6. The number of hydrogen-bond acceptors (Lipinski definition) is 4. The first-order chi connectivity index (χ1) is 13.2. The van der Waals surface area contributed by atoms with Crippen LogP contribution in [-0.4, -0.2) is 25.2 Å². The molecule has 0 aromatic heterocycles. The lowest BCUT2D eigenvalue weighted by Crippen LogP contribution is -2.25. The molecule has 5 nitrogen and oxygen atoms in total. The van der Waals surface area contributed by atoms with Gasteiger partial charge in [-0.25, -0.2) is 4.79 Å². The third-order valence-corrected chi connectivity index (χ3v) is 4.10. The van der Waals surface area contributed by atoms with Gasteiger partial charge in [-0.2, -0.15) is 0 Å². The second-order valence-corrected chi connectivity index (χ2v) is 6.50. The number of halogens is 1. The Morgan fingerprint density at radius 2 is 1.74 bits per heavy atom. The highest BCUT2D eigenvalue weighted by Crippen LogP contribution is 2.04. The van der Waals surface area contributed by atoms with Crippen molar-refractivity contribution in [1.29, 1.82) is 0 Å². The molecule has 1 N–H and O–H groups in total. The number of nitrogens with one attached hydrogen (secondary N) is 1. The maximum absolute atomic E-state index is 11.6. The van der Waals surface area contributed by atoms with Gasteiger partial charge in [-0.3, -0.25) is 4.79 Å². The Labute approximate surface area is 170 Å². The second-order valence-electron chi connectivity index (χ2n) is 6.10. The van der Waals surface area contributed by atoms with Gasteiger partial charge in [-0.05, 0) is 42.5 Å². The van der Waals surface area contributed by atoms with Crippen molar-refractivity contribution >= 4 is 28.0 Å². The van der Waals surface area contributed by atoms with E-state index in [1.165, 1.54) is 0 Å². The summed E-state index contributed by atoms with van der Waals surface area (Å²) in [6, 6.07) is 9.58. The number of hydrogen-bond donors (Lipinski definition) is 1. The molecule has 1 rings (SSSR count). The van der Waals surface area contributed by atoms with E-state index in [1.54, 1.807) is 0 Å². The summed E-state index contributed by atoms with van der Waals surface area (Å²) in [5.74, 6) is 2.77. The van der Waals surface area contributed by atoms with Crippen molar-refractivity contribution in [2.45, 2.75) is 58.0 Å². The maximum Gasteiger partial charge on any atom is 0.407 e. The summed E-state index contributed by atoms with van der Waals surface area (Å²) in [5, 5.41) is 2.74. The van der Waals surface area contributed by atoms with Crippen LogP contribution in [0.15, 0.2) is 30.3 Å². The molecule has 0 aliphatic heterocycles. The molecule has 148 valence electrons. The molecule has 1 aromatic rings. The van der Waals surface area contributed by atoms with Crippen LogP contribution in [0.2, 0.25) is 0 Å². The number of esters is 1. The molecule has 0 unspecified atom stereocenters. The average molecular weight is 438 g/mol. The molecule has 1 aromatic carbocycles. The normalized spacial score (nSPS) is 9.81. The Morgan fingerprint density at radius 1 is 0.963 bits per heavy atom. The van der Waals surface area contributed by atoms with Crippen LogP contribution < -0.4 is 5.32 Å². The van der Waals surface area contributed by atoms with E-state index >= 15 is 0 Å². The standard InChI is InChI=1S/C21H28BrNO4/c22-15-9-2-1-8-14-20(24)26-17-11-4-3-10-16-23-21(25)27-18-19-12-6-5-7-13-19/h5-7,12-13H,1-4,8,10-11,14,16-18H2,(H,23,25). The molecular formula is C21H28BrNO4. The van der Waals surface area contributed by atoms with Gasteiger partial charge in [0.2, 0.25) is 0 Å². The largest absolute Gasteiger partial charge is 0.466 e. The molecule has 27 heavy (non-hydrogen) atoms. The van der Waals surface area contributed by atoms with E-state index in [0.717, 1.165) is 50.5 Å². The van der Waals surface area contributed by atoms with Crippen LogP contribution in [-0.2, 0) is 20.9 Å². The minimum atomic E-state index is -0.394. The molecule has 0 aliphatic rings. The van der Waals surface area contributed by atoms with Gasteiger partial charge in [0.05, 0.1) is 6.61 Å². The van der Waals surface area contributed by atoms with Crippen LogP contribution in [0.3, 0.4) is 0 Å². The number of alkyl carbamates (subject to hydrolysis) is 1. The van der Waals surface area contributed by atoms with E-state index in [1.807, 2.05) is 30.3 Å². The summed E-state index contributed by atoms with van der Waals surface area (Å²) in [4.78, 5) is 25.7. The Kier molecular flexibility index (Phi) is 13.8. The Bertz CT molecular complexity index is 595. The highest BCUT2D eigenvalue weighted by molar-refractivity contribution is 9.12. The van der Waals surface area contributed by atoms with Crippen molar-refractivity contribution in [3.8, 4) is 10.8 Å². The van der Waals surface area contributed by atoms with E-state index in [-0.39, 0.29) is 12.6 Å². The smallest absolute Gasteiger partial charge is 0.407 e. The monoisotopic (exact) mass is 437 g/mol. The Hall–Kier alpha value is -2.00. The fraction of sp³-hybridized carbons (Fsp3) is 0.524. The van der Waals surface area contributed by atoms with Gasteiger partial charge in [0.15, 0.2) is 0 Å². The zero-order valence-corrected chi connectivity index (χ0v) is 17.3. The third kappa shape index (κ3) is 13.8. The number of rotatable bonds is 13. The molecule has 1 amide bonds. The first kappa shape index (κ1) is 23.0. The van der Waals surface area contributed by atoms with Crippen molar-refractivity contribution in [3.63, 3.8) is 0 Å². The van der Waals surface area contributed by atoms with Crippen LogP contribution in [0.4, 0.5) is 4.79 Å². The average Bonchev–Trinajstić information content (AvgIpc) is 2.69. The molecule has 0 aliphatic carbocycles. The third-order valence-electron chi connectivity index (χ3n) is 3.82. The van der Waals surface area contributed by atoms with E-state index in [4.69, 9.17) is 9.47 Å². The number of unbranched alkanes of at least 4 members (excludes halogenated alkanes) is 5. The summed E-state index contributed by atoms with van der Waals surface area (Å²) in [7, 11) is 0. The zero-order chi connectivity index (χ0) is 19.6. The summed E-state index contributed by atoms with van der Waals surface area (Å²) in [6.45, 7) is 1.33. The minimum Gasteiger partial charge on any atom is -0.466 e. The topological polar surface area (TPSA) is 64.6 Å². The Balaban J connectivity index is 1.87. The number of benzene rings is 1. The van der Waals surface area contributed by atoms with Crippen molar-refractivity contribution in [3.05, 3.63) is 35.9 Å². The van der Waals surface area contributed by atoms with Gasteiger partial charge in [0, 0.05) is 35.3 Å². The lowest BCUT2D eigenvalue weighted by Gasteiger charge is -2.07. The number of amides is 1. The van der Waals surface area contributed by atoms with Gasteiger partial charge in [0.1, 0.15) is 6.61 Å². The van der Waals surface area contributed by atoms with Crippen LogP contribution in [0.5, 0.6) is 0 Å². The highest BCUT2D eigenvalue weighted by atomic mass is 79.9. The molecule has 0 saturated carbocycles. The highest BCUT2D eigenvalue weighted by Gasteiger charge is 2.03. The van der Waals surface area contributed by atoms with Gasteiger partial charge >= 0.3 is 12.1 Å². The zero-order valence-electron chi connectivity index (χ0n) is 15.7. The molecule has 0 bridgehead atoms. The van der Waals surface area contributed by atoms with E-state index in [2.05, 4.69) is 32.0 Å². The predicted molar refractivity (Wildman–Crippen MR) is 109 cm³/mol. The van der Waals surface area contributed by atoms with E-state index in [9.17, 15) is 9.59 Å². The lowest BCUT2D eigenvalue weighted by molar-refractivity contribution is -0.143. The minimum absolute atomic E-state index is 0.135. The van der Waals surface area contributed by atoms with Crippen molar-refractivity contribution < 1.29 is 19.1 Å².